The third-order valence-corrected chi connectivity index (χ3v) is 3.01. The summed E-state index contributed by atoms with van der Waals surface area (Å²) in [5.41, 5.74) is -1.75. The largest absolute Gasteiger partial charge is 0.444 e. The number of rotatable bonds is 6. The number of halogens is 3. The smallest absolute Gasteiger partial charge is 0.433 e. The van der Waals surface area contributed by atoms with Gasteiger partial charge in [-0.2, -0.15) is 18.2 Å². The number of alkyl carbamates (subject to hydrolysis) is 1. The third kappa shape index (κ3) is 7.25. The van der Waals surface area contributed by atoms with Crippen molar-refractivity contribution in [3.05, 3.63) is 36.2 Å². The van der Waals surface area contributed by atoms with Crippen LogP contribution >= 0.6 is 0 Å². The number of pyridine rings is 1. The number of hydrogen-bond acceptors (Lipinski definition) is 7. The van der Waals surface area contributed by atoms with Gasteiger partial charge in [-0.05, 0) is 32.9 Å². The monoisotopic (exact) mass is 398 g/mol. The Morgan fingerprint density at radius 1 is 1.11 bits per heavy atom. The number of alkyl halides is 3. The number of hydrogen-bond donors (Lipinski definition) is 3. The number of nitrogens with zero attached hydrogens (tertiary/aromatic N) is 3. The van der Waals surface area contributed by atoms with Crippen molar-refractivity contribution in [3.8, 4) is 0 Å². The number of ether oxygens (including phenoxy) is 1. The lowest BCUT2D eigenvalue weighted by Gasteiger charge is -2.19. The molecule has 0 aliphatic carbocycles. The van der Waals surface area contributed by atoms with Crippen molar-refractivity contribution >= 4 is 23.7 Å². The van der Waals surface area contributed by atoms with Crippen molar-refractivity contribution in [1.29, 1.82) is 0 Å². The molecule has 3 N–H and O–H groups in total. The lowest BCUT2D eigenvalue weighted by molar-refractivity contribution is -0.141. The Kier molecular flexibility index (Phi) is 6.60. The van der Waals surface area contributed by atoms with Gasteiger partial charge >= 0.3 is 12.3 Å². The average molecular weight is 398 g/mol. The summed E-state index contributed by atoms with van der Waals surface area (Å²) in [6.07, 6.45) is -3.78. The van der Waals surface area contributed by atoms with Crippen LogP contribution in [-0.2, 0) is 10.9 Å². The highest BCUT2D eigenvalue weighted by atomic mass is 19.4. The van der Waals surface area contributed by atoms with Crippen molar-refractivity contribution < 1.29 is 22.7 Å². The highest BCUT2D eigenvalue weighted by molar-refractivity contribution is 5.67. The fourth-order valence-corrected chi connectivity index (χ4v) is 1.96. The Labute approximate surface area is 159 Å². The molecule has 0 unspecified atom stereocenters. The second-order valence-electron chi connectivity index (χ2n) is 6.66. The normalized spacial score (nSPS) is 11.6. The van der Waals surface area contributed by atoms with Gasteiger partial charge in [0.1, 0.15) is 17.2 Å². The Morgan fingerprint density at radius 2 is 1.86 bits per heavy atom. The summed E-state index contributed by atoms with van der Waals surface area (Å²) >= 11 is 0. The fourth-order valence-electron chi connectivity index (χ4n) is 1.96. The molecule has 0 saturated carbocycles. The van der Waals surface area contributed by atoms with Crippen LogP contribution in [0.4, 0.5) is 35.5 Å². The van der Waals surface area contributed by atoms with Gasteiger partial charge in [-0.3, -0.25) is 0 Å². The number of aromatic nitrogens is 3. The first kappa shape index (κ1) is 21.2. The summed E-state index contributed by atoms with van der Waals surface area (Å²) in [5.74, 6) is 0.0368. The van der Waals surface area contributed by atoms with E-state index in [1.54, 1.807) is 39.0 Å². The van der Waals surface area contributed by atoms with E-state index in [9.17, 15) is 18.0 Å². The second kappa shape index (κ2) is 8.72. The molecule has 2 aromatic heterocycles. The van der Waals surface area contributed by atoms with E-state index in [-0.39, 0.29) is 24.9 Å². The molecule has 2 heterocycles. The Hall–Kier alpha value is -3.11. The van der Waals surface area contributed by atoms with E-state index in [1.165, 1.54) is 6.20 Å². The highest BCUT2D eigenvalue weighted by Crippen LogP contribution is 2.30. The number of amides is 1. The van der Waals surface area contributed by atoms with Gasteiger partial charge in [-0.15, -0.1) is 0 Å². The fraction of sp³-hybridized carbons (Fsp3) is 0.412. The molecule has 0 spiro atoms. The van der Waals surface area contributed by atoms with Crippen molar-refractivity contribution in [3.63, 3.8) is 0 Å². The number of nitrogens with one attached hydrogen (secondary N) is 3. The summed E-state index contributed by atoms with van der Waals surface area (Å²) in [7, 11) is 0. The van der Waals surface area contributed by atoms with Gasteiger partial charge in [0.05, 0.1) is 0 Å². The van der Waals surface area contributed by atoms with Crippen LogP contribution in [0.25, 0.3) is 0 Å². The zero-order valence-electron chi connectivity index (χ0n) is 15.6. The van der Waals surface area contributed by atoms with E-state index >= 15 is 0 Å². The van der Waals surface area contributed by atoms with Crippen LogP contribution in [0.3, 0.4) is 0 Å². The second-order valence-corrected chi connectivity index (χ2v) is 6.66. The van der Waals surface area contributed by atoms with E-state index in [0.717, 1.165) is 6.07 Å². The molecule has 0 aliphatic heterocycles. The van der Waals surface area contributed by atoms with E-state index in [1.807, 2.05) is 0 Å². The summed E-state index contributed by atoms with van der Waals surface area (Å²) in [5, 5.41) is 7.83. The topological polar surface area (TPSA) is 101 Å². The van der Waals surface area contributed by atoms with Crippen molar-refractivity contribution in [2.45, 2.75) is 32.5 Å². The van der Waals surface area contributed by atoms with E-state index < -0.39 is 23.6 Å². The summed E-state index contributed by atoms with van der Waals surface area (Å²) in [4.78, 5) is 23.0. The van der Waals surface area contributed by atoms with Gasteiger partial charge < -0.3 is 20.7 Å². The quantitative estimate of drug-likeness (QED) is 0.640. The minimum atomic E-state index is -4.64. The maximum absolute atomic E-state index is 13.1. The zero-order chi connectivity index (χ0) is 20.8. The number of carbonyl (C=O) groups excluding carboxylic acids is 1. The predicted octanol–water partition coefficient (Wildman–Crippen LogP) is 3.57. The maximum atomic E-state index is 13.1. The van der Waals surface area contributed by atoms with Crippen LogP contribution in [0.15, 0.2) is 30.5 Å². The van der Waals surface area contributed by atoms with Crippen LogP contribution in [0.5, 0.6) is 0 Å². The molecule has 0 bridgehead atoms. The van der Waals surface area contributed by atoms with Crippen molar-refractivity contribution in [2.75, 3.05) is 23.7 Å². The molecule has 2 aromatic rings. The number of carbonyl (C=O) groups is 1. The molecule has 0 aliphatic rings. The molecule has 0 aromatic carbocycles. The Balaban J connectivity index is 2.02. The number of anilines is 3. The van der Waals surface area contributed by atoms with Crippen LogP contribution in [0.1, 0.15) is 26.5 Å². The molecule has 0 atom stereocenters. The average Bonchev–Trinajstić information content (AvgIpc) is 2.57. The molecule has 152 valence electrons. The Morgan fingerprint density at radius 3 is 2.46 bits per heavy atom. The van der Waals surface area contributed by atoms with Gasteiger partial charge in [0.15, 0.2) is 5.69 Å². The third-order valence-electron chi connectivity index (χ3n) is 3.01. The van der Waals surface area contributed by atoms with E-state index in [2.05, 4.69) is 30.9 Å². The standard InChI is InChI=1S/C17H21F3N6O2/c1-16(2,3)28-15(27)23-9-8-22-14-24-11(17(18,19)20)10-13(26-14)25-12-6-4-5-7-21-12/h4-7,10H,8-9H2,1-3H3,(H,23,27)(H2,21,22,24,25,26). The first-order valence-corrected chi connectivity index (χ1v) is 8.38. The van der Waals surface area contributed by atoms with E-state index in [0.29, 0.717) is 5.82 Å². The maximum Gasteiger partial charge on any atom is 0.433 e. The van der Waals surface area contributed by atoms with Crippen LogP contribution in [0, 0.1) is 0 Å². The van der Waals surface area contributed by atoms with Gasteiger partial charge in [-0.1, -0.05) is 6.07 Å². The molecule has 1 amide bonds. The molecule has 0 fully saturated rings. The molecule has 11 heteroatoms. The lowest BCUT2D eigenvalue weighted by Crippen LogP contribution is -2.35. The van der Waals surface area contributed by atoms with Crippen LogP contribution in [0.2, 0.25) is 0 Å². The van der Waals surface area contributed by atoms with Crippen molar-refractivity contribution in [1.82, 2.24) is 20.3 Å². The molecular weight excluding hydrogens is 377 g/mol. The predicted molar refractivity (Wildman–Crippen MR) is 97.3 cm³/mol. The first-order chi connectivity index (χ1) is 13.0. The van der Waals surface area contributed by atoms with Gasteiger partial charge in [0, 0.05) is 25.4 Å². The molecule has 0 saturated heterocycles. The minimum Gasteiger partial charge on any atom is -0.444 e. The summed E-state index contributed by atoms with van der Waals surface area (Å²) in [6, 6.07) is 5.74. The van der Waals surface area contributed by atoms with Crippen LogP contribution in [-0.4, -0.2) is 39.7 Å². The molecule has 2 rings (SSSR count). The first-order valence-electron chi connectivity index (χ1n) is 8.38. The minimum absolute atomic E-state index is 0.0661. The molecule has 8 nitrogen and oxygen atoms in total. The Bertz CT molecular complexity index is 794. The SMILES string of the molecule is CC(C)(C)OC(=O)NCCNc1nc(Nc2ccccn2)cc(C(F)(F)F)n1. The van der Waals surface area contributed by atoms with Gasteiger partial charge in [-0.25, -0.2) is 14.8 Å². The molecular formula is C17H21F3N6O2. The van der Waals surface area contributed by atoms with Crippen molar-refractivity contribution in [2.24, 2.45) is 0 Å². The summed E-state index contributed by atoms with van der Waals surface area (Å²) in [6.45, 7) is 5.37. The molecule has 0 radical (unpaired) electrons. The lowest BCUT2D eigenvalue weighted by atomic mass is 10.2. The highest BCUT2D eigenvalue weighted by Gasteiger charge is 2.33. The zero-order valence-corrected chi connectivity index (χ0v) is 15.6. The van der Waals surface area contributed by atoms with Crippen LogP contribution < -0.4 is 16.0 Å². The molecule has 28 heavy (non-hydrogen) atoms. The van der Waals surface area contributed by atoms with Gasteiger partial charge in [0.25, 0.3) is 0 Å². The summed E-state index contributed by atoms with van der Waals surface area (Å²) < 4.78 is 44.4. The van der Waals surface area contributed by atoms with Gasteiger partial charge in [0.2, 0.25) is 5.95 Å². The van der Waals surface area contributed by atoms with E-state index in [4.69, 9.17) is 4.74 Å².